The largest absolute Gasteiger partial charge is 0.396 e. The van der Waals surface area contributed by atoms with Crippen LogP contribution in [-0.4, -0.2) is 22.6 Å². The lowest BCUT2D eigenvalue weighted by atomic mass is 10.1. The first kappa shape index (κ1) is 13.5. The van der Waals surface area contributed by atoms with Gasteiger partial charge in [-0.05, 0) is 43.5 Å². The van der Waals surface area contributed by atoms with E-state index in [0.717, 1.165) is 10.6 Å². The maximum atomic E-state index is 13.3. The monoisotopic (exact) mass is 244 g/mol. The zero-order chi connectivity index (χ0) is 12.1. The Labute approximate surface area is 99.5 Å². The normalized spacial score (nSPS) is 12.8. The van der Waals surface area contributed by atoms with Crippen molar-refractivity contribution in [3.05, 3.63) is 29.1 Å². The van der Waals surface area contributed by atoms with E-state index in [0.29, 0.717) is 17.5 Å². The summed E-state index contributed by atoms with van der Waals surface area (Å²) in [6.07, 6.45) is 0.0205. The van der Waals surface area contributed by atoms with Crippen LogP contribution in [0.15, 0.2) is 17.0 Å². The second kappa shape index (κ2) is 6.23. The summed E-state index contributed by atoms with van der Waals surface area (Å²) in [6, 6.07) is 3.14. The number of halogens is 1. The topological polar surface area (TPSA) is 40.5 Å². The quantitative estimate of drug-likeness (QED) is 0.618. The van der Waals surface area contributed by atoms with Crippen molar-refractivity contribution in [2.75, 3.05) is 12.4 Å². The van der Waals surface area contributed by atoms with E-state index in [2.05, 4.69) is 0 Å². The molecule has 1 atom stereocenters. The number of benzene rings is 1. The van der Waals surface area contributed by atoms with Gasteiger partial charge in [0.2, 0.25) is 0 Å². The van der Waals surface area contributed by atoms with Gasteiger partial charge < -0.3 is 10.2 Å². The third kappa shape index (κ3) is 3.47. The lowest BCUT2D eigenvalue weighted by Gasteiger charge is -2.13. The maximum Gasteiger partial charge on any atom is 0.126 e. The van der Waals surface area contributed by atoms with Crippen LogP contribution >= 0.6 is 11.8 Å². The van der Waals surface area contributed by atoms with Gasteiger partial charge in [-0.2, -0.15) is 0 Å². The lowest BCUT2D eigenvalue weighted by Crippen LogP contribution is -1.98. The zero-order valence-electron chi connectivity index (χ0n) is 9.53. The molecule has 1 aromatic carbocycles. The maximum absolute atomic E-state index is 13.3. The standard InChI is InChI=1S/C12H17FO2S/c1-8-6-12(16-5-3-4-14)10(9(2)15)7-11(8)13/h6-7,9,14-15H,3-5H2,1-2H3/t9-/m0/s1. The third-order valence-electron chi connectivity index (χ3n) is 2.30. The Morgan fingerprint density at radius 3 is 2.69 bits per heavy atom. The smallest absolute Gasteiger partial charge is 0.126 e. The van der Waals surface area contributed by atoms with Gasteiger partial charge in [-0.15, -0.1) is 11.8 Å². The Hall–Kier alpha value is -0.580. The number of hydrogen-bond acceptors (Lipinski definition) is 3. The van der Waals surface area contributed by atoms with E-state index in [-0.39, 0.29) is 12.4 Å². The molecule has 0 radical (unpaired) electrons. The van der Waals surface area contributed by atoms with Crippen LogP contribution < -0.4 is 0 Å². The molecule has 0 bridgehead atoms. The molecular weight excluding hydrogens is 227 g/mol. The molecule has 2 N–H and O–H groups in total. The van der Waals surface area contributed by atoms with E-state index in [9.17, 15) is 9.50 Å². The van der Waals surface area contributed by atoms with Crippen molar-refractivity contribution in [2.24, 2.45) is 0 Å². The first-order valence-corrected chi connectivity index (χ1v) is 6.26. The van der Waals surface area contributed by atoms with Crippen LogP contribution in [0.1, 0.15) is 30.6 Å². The Morgan fingerprint density at radius 2 is 2.12 bits per heavy atom. The van der Waals surface area contributed by atoms with Gasteiger partial charge in [-0.3, -0.25) is 0 Å². The van der Waals surface area contributed by atoms with Crippen molar-refractivity contribution in [3.8, 4) is 0 Å². The molecule has 90 valence electrons. The van der Waals surface area contributed by atoms with E-state index < -0.39 is 6.10 Å². The van der Waals surface area contributed by atoms with Crippen molar-refractivity contribution in [1.29, 1.82) is 0 Å². The second-order valence-electron chi connectivity index (χ2n) is 3.74. The summed E-state index contributed by atoms with van der Waals surface area (Å²) in [5, 5.41) is 18.2. The average Bonchev–Trinajstić information content (AvgIpc) is 2.23. The minimum Gasteiger partial charge on any atom is -0.396 e. The SMILES string of the molecule is Cc1cc(SCCCO)c([C@H](C)O)cc1F. The predicted molar refractivity (Wildman–Crippen MR) is 64.2 cm³/mol. The van der Waals surface area contributed by atoms with Crippen molar-refractivity contribution >= 4 is 11.8 Å². The van der Waals surface area contributed by atoms with Gasteiger partial charge in [0.1, 0.15) is 5.82 Å². The predicted octanol–water partition coefficient (Wildman–Crippen LogP) is 2.66. The fourth-order valence-corrected chi connectivity index (χ4v) is 2.52. The summed E-state index contributed by atoms with van der Waals surface area (Å²) in [4.78, 5) is 0.891. The Kier molecular flexibility index (Phi) is 5.25. The highest BCUT2D eigenvalue weighted by atomic mass is 32.2. The first-order valence-electron chi connectivity index (χ1n) is 5.28. The van der Waals surface area contributed by atoms with Gasteiger partial charge >= 0.3 is 0 Å². The molecule has 1 rings (SSSR count). The van der Waals surface area contributed by atoms with E-state index in [4.69, 9.17) is 5.11 Å². The fraction of sp³-hybridized carbons (Fsp3) is 0.500. The third-order valence-corrected chi connectivity index (χ3v) is 3.46. The second-order valence-corrected chi connectivity index (χ2v) is 4.88. The van der Waals surface area contributed by atoms with Crippen molar-refractivity contribution in [2.45, 2.75) is 31.3 Å². The highest BCUT2D eigenvalue weighted by Gasteiger charge is 2.11. The van der Waals surface area contributed by atoms with Gasteiger partial charge in [-0.1, -0.05) is 0 Å². The van der Waals surface area contributed by atoms with Crippen molar-refractivity contribution in [1.82, 2.24) is 0 Å². The lowest BCUT2D eigenvalue weighted by molar-refractivity contribution is 0.196. The number of thioether (sulfide) groups is 1. The summed E-state index contributed by atoms with van der Waals surface area (Å²) >= 11 is 1.54. The summed E-state index contributed by atoms with van der Waals surface area (Å²) in [5.41, 5.74) is 1.20. The van der Waals surface area contributed by atoms with E-state index in [1.54, 1.807) is 19.9 Å². The van der Waals surface area contributed by atoms with Crippen LogP contribution in [0.5, 0.6) is 0 Å². The summed E-state index contributed by atoms with van der Waals surface area (Å²) in [7, 11) is 0. The molecule has 0 aliphatic carbocycles. The van der Waals surface area contributed by atoms with Gasteiger partial charge in [-0.25, -0.2) is 4.39 Å². The molecule has 0 saturated heterocycles. The van der Waals surface area contributed by atoms with Crippen molar-refractivity contribution in [3.63, 3.8) is 0 Å². The summed E-state index contributed by atoms with van der Waals surface area (Å²) in [5.74, 6) is 0.476. The van der Waals surface area contributed by atoms with Gasteiger partial charge in [0.15, 0.2) is 0 Å². The van der Waals surface area contributed by atoms with Crippen LogP contribution in [0.4, 0.5) is 4.39 Å². The number of aryl methyl sites for hydroxylation is 1. The van der Waals surface area contributed by atoms with E-state index in [1.165, 1.54) is 17.8 Å². The van der Waals surface area contributed by atoms with Crippen LogP contribution in [0.3, 0.4) is 0 Å². The molecule has 0 aromatic heterocycles. The van der Waals surface area contributed by atoms with Crippen LogP contribution in [0, 0.1) is 12.7 Å². The number of aliphatic hydroxyl groups excluding tert-OH is 2. The van der Waals surface area contributed by atoms with Crippen LogP contribution in [0.25, 0.3) is 0 Å². The highest BCUT2D eigenvalue weighted by molar-refractivity contribution is 7.99. The molecule has 0 amide bonds. The first-order chi connectivity index (χ1) is 7.56. The summed E-state index contributed by atoms with van der Waals surface area (Å²) in [6.45, 7) is 3.48. The van der Waals surface area contributed by atoms with Crippen LogP contribution in [-0.2, 0) is 0 Å². The molecule has 2 nitrogen and oxygen atoms in total. The minimum absolute atomic E-state index is 0.150. The van der Waals surface area contributed by atoms with E-state index in [1.807, 2.05) is 0 Å². The average molecular weight is 244 g/mol. The molecule has 4 heteroatoms. The number of hydrogen-bond donors (Lipinski definition) is 2. The molecule has 0 aliphatic heterocycles. The Bertz CT molecular complexity index is 353. The molecular formula is C12H17FO2S. The number of aliphatic hydroxyl groups is 2. The van der Waals surface area contributed by atoms with Gasteiger partial charge in [0, 0.05) is 17.3 Å². The molecule has 0 aliphatic rings. The highest BCUT2D eigenvalue weighted by Crippen LogP contribution is 2.30. The molecule has 0 unspecified atom stereocenters. The van der Waals surface area contributed by atoms with E-state index >= 15 is 0 Å². The minimum atomic E-state index is -0.674. The molecule has 0 heterocycles. The van der Waals surface area contributed by atoms with Gasteiger partial charge in [0.05, 0.1) is 6.10 Å². The molecule has 16 heavy (non-hydrogen) atoms. The molecule has 0 spiro atoms. The summed E-state index contributed by atoms with van der Waals surface area (Å²) < 4.78 is 13.3. The fourth-order valence-electron chi connectivity index (χ4n) is 1.37. The Morgan fingerprint density at radius 1 is 1.44 bits per heavy atom. The molecule has 0 saturated carbocycles. The van der Waals surface area contributed by atoms with Crippen molar-refractivity contribution < 1.29 is 14.6 Å². The zero-order valence-corrected chi connectivity index (χ0v) is 10.4. The van der Waals surface area contributed by atoms with Crippen LogP contribution in [0.2, 0.25) is 0 Å². The number of rotatable bonds is 5. The molecule has 1 aromatic rings. The van der Waals surface area contributed by atoms with Gasteiger partial charge in [0.25, 0.3) is 0 Å². The molecule has 0 fully saturated rings. The Balaban J connectivity index is 2.91.